The van der Waals surface area contributed by atoms with Crippen LogP contribution in [-0.4, -0.2) is 31.2 Å². The summed E-state index contributed by atoms with van der Waals surface area (Å²) in [5, 5.41) is 0. The summed E-state index contributed by atoms with van der Waals surface area (Å²) < 4.78 is 6.16. The Labute approximate surface area is 87.1 Å². The van der Waals surface area contributed by atoms with Crippen LogP contribution < -0.4 is 0 Å². The van der Waals surface area contributed by atoms with E-state index in [1.165, 1.54) is 4.88 Å². The van der Waals surface area contributed by atoms with Crippen molar-refractivity contribution in [3.63, 3.8) is 0 Å². The highest BCUT2D eigenvalue weighted by atomic mass is 35.5. The summed E-state index contributed by atoms with van der Waals surface area (Å²) in [4.78, 5) is 3.73. The van der Waals surface area contributed by atoms with E-state index >= 15 is 0 Å². The second-order valence-electron chi connectivity index (χ2n) is 3.09. The second kappa shape index (κ2) is 4.42. The van der Waals surface area contributed by atoms with Gasteiger partial charge in [0, 0.05) is 24.5 Å². The average Bonchev–Trinajstić information content (AvgIpc) is 2.53. The van der Waals surface area contributed by atoms with E-state index in [-0.39, 0.29) is 0 Å². The lowest BCUT2D eigenvalue weighted by Crippen LogP contribution is -2.35. The summed E-state index contributed by atoms with van der Waals surface area (Å²) in [5.41, 5.74) is 0. The first kappa shape index (κ1) is 9.46. The molecule has 0 N–H and O–H groups in total. The van der Waals surface area contributed by atoms with Gasteiger partial charge in [-0.1, -0.05) is 11.6 Å². The number of nitrogens with zero attached hydrogens (tertiary/aromatic N) is 1. The summed E-state index contributed by atoms with van der Waals surface area (Å²) >= 11 is 7.52. The number of morpholine rings is 1. The van der Waals surface area contributed by atoms with Gasteiger partial charge in [-0.2, -0.15) is 0 Å². The molecule has 1 aliphatic rings. The van der Waals surface area contributed by atoms with Gasteiger partial charge < -0.3 is 4.74 Å². The van der Waals surface area contributed by atoms with Gasteiger partial charge in [-0.25, -0.2) is 0 Å². The minimum atomic E-state index is 0.860. The molecule has 72 valence electrons. The molecule has 13 heavy (non-hydrogen) atoms. The molecule has 0 atom stereocenters. The molecule has 1 aromatic heterocycles. The van der Waals surface area contributed by atoms with Gasteiger partial charge in [-0.3, -0.25) is 4.90 Å². The zero-order valence-corrected chi connectivity index (χ0v) is 8.90. The first-order valence-corrected chi connectivity index (χ1v) is 5.58. The fraction of sp³-hybridized carbons (Fsp3) is 0.556. The predicted octanol–water partition coefficient (Wildman–Crippen LogP) is 2.23. The molecule has 0 amide bonds. The van der Waals surface area contributed by atoms with Crippen LogP contribution in [0.1, 0.15) is 4.88 Å². The van der Waals surface area contributed by atoms with Crippen molar-refractivity contribution in [2.24, 2.45) is 0 Å². The average molecular weight is 218 g/mol. The molecule has 1 aliphatic heterocycles. The molecule has 1 fully saturated rings. The fourth-order valence-corrected chi connectivity index (χ4v) is 2.55. The Bertz CT molecular complexity index is 270. The zero-order valence-electron chi connectivity index (χ0n) is 7.33. The van der Waals surface area contributed by atoms with Crippen LogP contribution in [0, 0.1) is 0 Å². The molecule has 0 aromatic carbocycles. The molecular weight excluding hydrogens is 206 g/mol. The topological polar surface area (TPSA) is 12.5 Å². The number of rotatable bonds is 2. The Balaban J connectivity index is 1.89. The lowest BCUT2D eigenvalue weighted by atomic mass is 10.4. The van der Waals surface area contributed by atoms with E-state index in [1.54, 1.807) is 11.3 Å². The molecule has 1 saturated heterocycles. The maximum atomic E-state index is 5.85. The Morgan fingerprint density at radius 1 is 1.38 bits per heavy atom. The molecule has 4 heteroatoms. The van der Waals surface area contributed by atoms with E-state index in [2.05, 4.69) is 11.0 Å². The Hall–Kier alpha value is -0.0900. The Kier molecular flexibility index (Phi) is 3.22. The molecular formula is C9H12ClNOS. The third-order valence-corrected chi connectivity index (χ3v) is 3.33. The van der Waals surface area contributed by atoms with Crippen molar-refractivity contribution in [2.45, 2.75) is 6.54 Å². The minimum absolute atomic E-state index is 0.860. The van der Waals surface area contributed by atoms with E-state index in [1.807, 2.05) is 6.07 Å². The maximum absolute atomic E-state index is 5.85. The van der Waals surface area contributed by atoms with Gasteiger partial charge in [0.1, 0.15) is 0 Å². The number of halogens is 1. The molecule has 2 nitrogen and oxygen atoms in total. The van der Waals surface area contributed by atoms with Crippen LogP contribution in [0.3, 0.4) is 0 Å². The largest absolute Gasteiger partial charge is 0.379 e. The molecule has 0 bridgehead atoms. The number of thiophene rings is 1. The highest BCUT2D eigenvalue weighted by molar-refractivity contribution is 7.16. The quantitative estimate of drug-likeness (QED) is 0.754. The highest BCUT2D eigenvalue weighted by Gasteiger charge is 2.11. The fourth-order valence-electron chi connectivity index (χ4n) is 1.42. The first-order valence-electron chi connectivity index (χ1n) is 4.39. The van der Waals surface area contributed by atoms with Crippen LogP contribution in [0.5, 0.6) is 0 Å². The maximum Gasteiger partial charge on any atom is 0.0931 e. The van der Waals surface area contributed by atoms with Gasteiger partial charge in [0.25, 0.3) is 0 Å². The van der Waals surface area contributed by atoms with Gasteiger partial charge in [0.05, 0.1) is 17.6 Å². The summed E-state index contributed by atoms with van der Waals surface area (Å²) in [6.07, 6.45) is 0. The number of ether oxygens (including phenoxy) is 1. The summed E-state index contributed by atoms with van der Waals surface area (Å²) in [6.45, 7) is 4.81. The lowest BCUT2D eigenvalue weighted by Gasteiger charge is -2.25. The van der Waals surface area contributed by atoms with Crippen molar-refractivity contribution in [1.82, 2.24) is 4.90 Å². The Morgan fingerprint density at radius 3 is 2.77 bits per heavy atom. The van der Waals surface area contributed by atoms with Gasteiger partial charge in [-0.15, -0.1) is 11.3 Å². The SMILES string of the molecule is Clc1ccc(CN2CCOCC2)s1. The van der Waals surface area contributed by atoms with Crippen molar-refractivity contribution in [2.75, 3.05) is 26.3 Å². The van der Waals surface area contributed by atoms with Crippen molar-refractivity contribution in [1.29, 1.82) is 0 Å². The van der Waals surface area contributed by atoms with E-state index in [0.717, 1.165) is 37.2 Å². The summed E-state index contributed by atoms with van der Waals surface area (Å²) in [6, 6.07) is 4.06. The van der Waals surface area contributed by atoms with Crippen LogP contribution >= 0.6 is 22.9 Å². The Morgan fingerprint density at radius 2 is 2.15 bits per heavy atom. The third-order valence-electron chi connectivity index (χ3n) is 2.11. The van der Waals surface area contributed by atoms with Crippen LogP contribution in [0.15, 0.2) is 12.1 Å². The molecule has 0 aliphatic carbocycles. The van der Waals surface area contributed by atoms with E-state index < -0.39 is 0 Å². The van der Waals surface area contributed by atoms with Gasteiger partial charge in [0.2, 0.25) is 0 Å². The zero-order chi connectivity index (χ0) is 9.10. The normalized spacial score (nSPS) is 19.2. The van der Waals surface area contributed by atoms with Crippen LogP contribution in [0.2, 0.25) is 4.34 Å². The number of hydrogen-bond acceptors (Lipinski definition) is 3. The molecule has 2 heterocycles. The highest BCUT2D eigenvalue weighted by Crippen LogP contribution is 2.22. The van der Waals surface area contributed by atoms with E-state index in [0.29, 0.717) is 0 Å². The van der Waals surface area contributed by atoms with Crippen LogP contribution in [0.25, 0.3) is 0 Å². The van der Waals surface area contributed by atoms with Crippen LogP contribution in [0.4, 0.5) is 0 Å². The van der Waals surface area contributed by atoms with Crippen LogP contribution in [-0.2, 0) is 11.3 Å². The lowest BCUT2D eigenvalue weighted by molar-refractivity contribution is 0.0346. The van der Waals surface area contributed by atoms with E-state index in [4.69, 9.17) is 16.3 Å². The van der Waals surface area contributed by atoms with Crippen molar-refractivity contribution >= 4 is 22.9 Å². The molecule has 0 saturated carbocycles. The monoisotopic (exact) mass is 217 g/mol. The number of hydrogen-bond donors (Lipinski definition) is 0. The summed E-state index contributed by atoms with van der Waals surface area (Å²) in [7, 11) is 0. The first-order chi connectivity index (χ1) is 6.34. The van der Waals surface area contributed by atoms with E-state index in [9.17, 15) is 0 Å². The molecule has 1 aromatic rings. The van der Waals surface area contributed by atoms with Crippen molar-refractivity contribution in [3.8, 4) is 0 Å². The molecule has 0 unspecified atom stereocenters. The summed E-state index contributed by atoms with van der Waals surface area (Å²) in [5.74, 6) is 0. The molecule has 0 radical (unpaired) electrons. The minimum Gasteiger partial charge on any atom is -0.379 e. The predicted molar refractivity (Wildman–Crippen MR) is 55.4 cm³/mol. The van der Waals surface area contributed by atoms with Crippen molar-refractivity contribution in [3.05, 3.63) is 21.3 Å². The van der Waals surface area contributed by atoms with Crippen molar-refractivity contribution < 1.29 is 4.74 Å². The third kappa shape index (κ3) is 2.68. The smallest absolute Gasteiger partial charge is 0.0931 e. The van der Waals surface area contributed by atoms with Gasteiger partial charge in [-0.05, 0) is 12.1 Å². The molecule has 0 spiro atoms. The second-order valence-corrected chi connectivity index (χ2v) is 4.89. The standard InChI is InChI=1S/C9H12ClNOS/c10-9-2-1-8(13-9)7-11-3-5-12-6-4-11/h1-2H,3-7H2. The molecule has 2 rings (SSSR count). The van der Waals surface area contributed by atoms with Gasteiger partial charge in [0.15, 0.2) is 0 Å². The van der Waals surface area contributed by atoms with Gasteiger partial charge >= 0.3 is 0 Å².